The molecule has 2 aromatic rings. The van der Waals surface area contributed by atoms with E-state index in [9.17, 15) is 9.59 Å². The van der Waals surface area contributed by atoms with Gasteiger partial charge in [0.1, 0.15) is 0 Å². The Kier molecular flexibility index (Phi) is 4.76. The standard InChI is InChI=1S/C18H17BrN2O2/c19-16-10-2-1-9-15(16)18(23)21-14-8-4-7-13(11-14)20-17(22)12-5-3-6-12/h1-2,4,7-12H,3,5-6H2,(H,20,22)(H,21,23). The molecule has 0 aromatic heterocycles. The SMILES string of the molecule is O=C(Nc1cccc(NC(=O)C2CCC2)c1)c1ccccc1Br. The zero-order chi connectivity index (χ0) is 16.2. The van der Waals surface area contributed by atoms with Gasteiger partial charge in [0.25, 0.3) is 5.91 Å². The van der Waals surface area contributed by atoms with Gasteiger partial charge in [0, 0.05) is 21.8 Å². The van der Waals surface area contributed by atoms with E-state index in [1.165, 1.54) is 0 Å². The minimum atomic E-state index is -0.194. The maximum Gasteiger partial charge on any atom is 0.256 e. The van der Waals surface area contributed by atoms with Gasteiger partial charge in [-0.1, -0.05) is 24.6 Å². The molecular weight excluding hydrogens is 356 g/mol. The van der Waals surface area contributed by atoms with Crippen molar-refractivity contribution in [3.8, 4) is 0 Å². The lowest BCUT2D eigenvalue weighted by Crippen LogP contribution is -2.28. The molecule has 0 unspecified atom stereocenters. The van der Waals surface area contributed by atoms with E-state index in [4.69, 9.17) is 0 Å². The predicted molar refractivity (Wildman–Crippen MR) is 94.5 cm³/mol. The van der Waals surface area contributed by atoms with Crippen molar-refractivity contribution < 1.29 is 9.59 Å². The molecule has 2 N–H and O–H groups in total. The van der Waals surface area contributed by atoms with E-state index in [-0.39, 0.29) is 17.7 Å². The summed E-state index contributed by atoms with van der Waals surface area (Å²) >= 11 is 3.37. The number of hydrogen-bond acceptors (Lipinski definition) is 2. The molecule has 1 aliphatic rings. The molecule has 118 valence electrons. The Morgan fingerprint density at radius 2 is 1.65 bits per heavy atom. The molecule has 5 heteroatoms. The van der Waals surface area contributed by atoms with E-state index >= 15 is 0 Å². The van der Waals surface area contributed by atoms with E-state index in [1.54, 1.807) is 18.2 Å². The molecule has 0 bridgehead atoms. The highest BCUT2D eigenvalue weighted by atomic mass is 79.9. The van der Waals surface area contributed by atoms with Crippen LogP contribution in [0.15, 0.2) is 53.0 Å². The van der Waals surface area contributed by atoms with Gasteiger partial charge in [-0.2, -0.15) is 0 Å². The molecule has 4 nitrogen and oxygen atoms in total. The van der Waals surface area contributed by atoms with Crippen molar-refractivity contribution in [3.63, 3.8) is 0 Å². The van der Waals surface area contributed by atoms with E-state index in [1.807, 2.05) is 30.3 Å². The molecule has 1 fully saturated rings. The van der Waals surface area contributed by atoms with Crippen molar-refractivity contribution in [1.29, 1.82) is 0 Å². The molecule has 0 atom stereocenters. The molecule has 0 aliphatic heterocycles. The van der Waals surface area contributed by atoms with Crippen LogP contribution >= 0.6 is 15.9 Å². The normalized spacial score (nSPS) is 14.0. The highest BCUT2D eigenvalue weighted by Gasteiger charge is 2.25. The van der Waals surface area contributed by atoms with Gasteiger partial charge in [0.2, 0.25) is 5.91 Å². The summed E-state index contributed by atoms with van der Waals surface area (Å²) in [5.41, 5.74) is 1.92. The first-order valence-corrected chi connectivity index (χ1v) is 8.39. The Hall–Kier alpha value is -2.14. The molecule has 0 spiro atoms. The number of benzene rings is 2. The summed E-state index contributed by atoms with van der Waals surface area (Å²) in [6.45, 7) is 0. The monoisotopic (exact) mass is 372 g/mol. The van der Waals surface area contributed by atoms with Crippen LogP contribution in [0.2, 0.25) is 0 Å². The van der Waals surface area contributed by atoms with Gasteiger partial charge in [-0.05, 0) is 59.1 Å². The Morgan fingerprint density at radius 1 is 0.957 bits per heavy atom. The molecule has 23 heavy (non-hydrogen) atoms. The molecule has 1 saturated carbocycles. The predicted octanol–water partition coefficient (Wildman–Crippen LogP) is 4.44. The third kappa shape index (κ3) is 3.79. The maximum atomic E-state index is 12.3. The number of anilines is 2. The lowest BCUT2D eigenvalue weighted by molar-refractivity contribution is -0.122. The van der Waals surface area contributed by atoms with Crippen LogP contribution in [-0.2, 0) is 4.79 Å². The summed E-state index contributed by atoms with van der Waals surface area (Å²) in [5.74, 6) is -0.000929. The van der Waals surface area contributed by atoms with Gasteiger partial charge in [0.15, 0.2) is 0 Å². The number of carbonyl (C=O) groups excluding carboxylic acids is 2. The average Bonchev–Trinajstić information content (AvgIpc) is 2.46. The van der Waals surface area contributed by atoms with Crippen LogP contribution in [0.3, 0.4) is 0 Å². The second-order valence-electron chi connectivity index (χ2n) is 5.63. The largest absolute Gasteiger partial charge is 0.326 e. The summed E-state index contributed by atoms with van der Waals surface area (Å²) < 4.78 is 0.743. The quantitative estimate of drug-likeness (QED) is 0.833. The van der Waals surface area contributed by atoms with Gasteiger partial charge in [-0.15, -0.1) is 0 Å². The number of halogens is 1. The van der Waals surface area contributed by atoms with Gasteiger partial charge in [-0.25, -0.2) is 0 Å². The summed E-state index contributed by atoms with van der Waals surface area (Å²) in [5, 5.41) is 5.76. The molecule has 3 rings (SSSR count). The molecule has 2 aromatic carbocycles. The fourth-order valence-electron chi connectivity index (χ4n) is 2.43. The van der Waals surface area contributed by atoms with E-state index < -0.39 is 0 Å². The molecule has 0 radical (unpaired) electrons. The number of amides is 2. The van der Waals surface area contributed by atoms with Gasteiger partial charge in [0.05, 0.1) is 5.56 Å². The van der Waals surface area contributed by atoms with Gasteiger partial charge in [-0.3, -0.25) is 9.59 Å². The average molecular weight is 373 g/mol. The lowest BCUT2D eigenvalue weighted by Gasteiger charge is -2.24. The Balaban J connectivity index is 1.68. The number of rotatable bonds is 4. The fourth-order valence-corrected chi connectivity index (χ4v) is 2.90. The van der Waals surface area contributed by atoms with E-state index in [0.717, 1.165) is 23.7 Å². The van der Waals surface area contributed by atoms with Crippen molar-refractivity contribution in [2.75, 3.05) is 10.6 Å². The second-order valence-corrected chi connectivity index (χ2v) is 6.49. The fraction of sp³-hybridized carbons (Fsp3) is 0.222. The first kappa shape index (κ1) is 15.7. The number of nitrogens with one attached hydrogen (secondary N) is 2. The van der Waals surface area contributed by atoms with Gasteiger partial charge < -0.3 is 10.6 Å². The Morgan fingerprint density at radius 3 is 2.30 bits per heavy atom. The van der Waals surface area contributed by atoms with Crippen LogP contribution in [0, 0.1) is 5.92 Å². The van der Waals surface area contributed by atoms with Crippen LogP contribution in [-0.4, -0.2) is 11.8 Å². The third-order valence-corrected chi connectivity index (χ3v) is 4.67. The number of carbonyl (C=O) groups is 2. The van der Waals surface area contributed by atoms with Crippen molar-refractivity contribution in [2.24, 2.45) is 5.92 Å². The Bertz CT molecular complexity index is 741. The van der Waals surface area contributed by atoms with Crippen molar-refractivity contribution in [2.45, 2.75) is 19.3 Å². The highest BCUT2D eigenvalue weighted by molar-refractivity contribution is 9.10. The highest BCUT2D eigenvalue weighted by Crippen LogP contribution is 2.28. The summed E-state index contributed by atoms with van der Waals surface area (Å²) in [4.78, 5) is 24.3. The minimum absolute atomic E-state index is 0.0607. The first-order chi connectivity index (χ1) is 11.1. The lowest BCUT2D eigenvalue weighted by atomic mass is 9.85. The van der Waals surface area contributed by atoms with Crippen LogP contribution < -0.4 is 10.6 Å². The van der Waals surface area contributed by atoms with Crippen LogP contribution in [0.5, 0.6) is 0 Å². The van der Waals surface area contributed by atoms with Crippen molar-refractivity contribution in [1.82, 2.24) is 0 Å². The minimum Gasteiger partial charge on any atom is -0.326 e. The second kappa shape index (κ2) is 6.96. The molecule has 0 heterocycles. The molecule has 0 saturated heterocycles. The van der Waals surface area contributed by atoms with Crippen LogP contribution in [0.4, 0.5) is 11.4 Å². The third-order valence-electron chi connectivity index (χ3n) is 3.98. The summed E-state index contributed by atoms with van der Waals surface area (Å²) in [7, 11) is 0. The summed E-state index contributed by atoms with van der Waals surface area (Å²) in [6.07, 6.45) is 3.05. The number of hydrogen-bond donors (Lipinski definition) is 2. The van der Waals surface area contributed by atoms with Crippen molar-refractivity contribution >= 4 is 39.1 Å². The molecular formula is C18H17BrN2O2. The molecule has 1 aliphatic carbocycles. The first-order valence-electron chi connectivity index (χ1n) is 7.60. The molecule has 2 amide bonds. The van der Waals surface area contributed by atoms with Crippen LogP contribution in [0.25, 0.3) is 0 Å². The van der Waals surface area contributed by atoms with Gasteiger partial charge >= 0.3 is 0 Å². The van der Waals surface area contributed by atoms with Crippen LogP contribution in [0.1, 0.15) is 29.6 Å². The Labute approximate surface area is 143 Å². The zero-order valence-electron chi connectivity index (χ0n) is 12.5. The van der Waals surface area contributed by atoms with E-state index in [0.29, 0.717) is 16.9 Å². The maximum absolute atomic E-state index is 12.3. The smallest absolute Gasteiger partial charge is 0.256 e. The van der Waals surface area contributed by atoms with E-state index in [2.05, 4.69) is 26.6 Å². The summed E-state index contributed by atoms with van der Waals surface area (Å²) in [6, 6.07) is 14.5. The zero-order valence-corrected chi connectivity index (χ0v) is 14.1. The van der Waals surface area contributed by atoms with Crippen molar-refractivity contribution in [3.05, 3.63) is 58.6 Å². The topological polar surface area (TPSA) is 58.2 Å².